The van der Waals surface area contributed by atoms with Crippen LogP contribution in [0.1, 0.15) is 39.7 Å². The molecular formula is C28H26N4O2S. The maximum absolute atomic E-state index is 12.9. The molecule has 6 nitrogen and oxygen atoms in total. The summed E-state index contributed by atoms with van der Waals surface area (Å²) in [5.41, 5.74) is 10.6. The van der Waals surface area contributed by atoms with Crippen LogP contribution < -0.4 is 11.1 Å². The first-order valence-corrected chi connectivity index (χ1v) is 12.4. The van der Waals surface area contributed by atoms with Crippen LogP contribution in [0.15, 0.2) is 72.9 Å². The number of aromatic nitrogens is 2. The average molecular weight is 483 g/mol. The summed E-state index contributed by atoms with van der Waals surface area (Å²) in [5.74, 6) is -0.250. The van der Waals surface area contributed by atoms with E-state index in [0.29, 0.717) is 16.5 Å². The van der Waals surface area contributed by atoms with E-state index in [0.717, 1.165) is 52.2 Å². The van der Waals surface area contributed by atoms with Crippen LogP contribution in [-0.4, -0.2) is 21.6 Å². The summed E-state index contributed by atoms with van der Waals surface area (Å²) in [6.45, 7) is 2.20. The van der Waals surface area contributed by atoms with Crippen LogP contribution in [0.5, 0.6) is 0 Å². The Morgan fingerprint density at radius 2 is 1.83 bits per heavy atom. The number of carbonyl (C=O) groups is 2. The van der Waals surface area contributed by atoms with Gasteiger partial charge in [-0.2, -0.15) is 5.10 Å². The lowest BCUT2D eigenvalue weighted by Gasteiger charge is -2.18. The molecule has 5 rings (SSSR count). The SMILES string of the molecule is C[C@@H]1CCc2c(sc(NC(=O)/C=C/c3cn(-c4ccccc4)nc3-c3ccccc3)c2C(N)=O)C1. The molecule has 35 heavy (non-hydrogen) atoms. The number of fused-ring (bicyclic) bond motifs is 1. The van der Waals surface area contributed by atoms with Gasteiger partial charge in [-0.1, -0.05) is 55.5 Å². The van der Waals surface area contributed by atoms with Gasteiger partial charge in [-0.3, -0.25) is 9.59 Å². The van der Waals surface area contributed by atoms with Crippen molar-refractivity contribution in [2.75, 3.05) is 5.32 Å². The van der Waals surface area contributed by atoms with Crippen LogP contribution in [-0.2, 0) is 17.6 Å². The van der Waals surface area contributed by atoms with Crippen molar-refractivity contribution in [2.45, 2.75) is 26.2 Å². The molecule has 0 radical (unpaired) electrons. The number of nitrogens with one attached hydrogen (secondary N) is 1. The number of amides is 2. The maximum atomic E-state index is 12.9. The van der Waals surface area contributed by atoms with E-state index in [1.165, 1.54) is 17.4 Å². The molecule has 3 N–H and O–H groups in total. The van der Waals surface area contributed by atoms with Crippen molar-refractivity contribution in [1.82, 2.24) is 9.78 Å². The highest BCUT2D eigenvalue weighted by Crippen LogP contribution is 2.39. The molecule has 1 atom stereocenters. The molecule has 7 heteroatoms. The lowest BCUT2D eigenvalue weighted by Crippen LogP contribution is -2.18. The Morgan fingerprint density at radius 1 is 1.11 bits per heavy atom. The molecule has 4 aromatic rings. The molecule has 1 aliphatic carbocycles. The largest absolute Gasteiger partial charge is 0.365 e. The number of rotatable bonds is 6. The van der Waals surface area contributed by atoms with Crippen LogP contribution in [0.2, 0.25) is 0 Å². The fourth-order valence-corrected chi connectivity index (χ4v) is 5.88. The molecule has 0 bridgehead atoms. The second-order valence-electron chi connectivity index (χ2n) is 8.82. The number of thiophene rings is 1. The molecule has 0 spiro atoms. The topological polar surface area (TPSA) is 90.0 Å². The molecule has 0 aliphatic heterocycles. The molecular weight excluding hydrogens is 456 g/mol. The third kappa shape index (κ3) is 4.81. The first-order valence-electron chi connectivity index (χ1n) is 11.6. The van der Waals surface area contributed by atoms with Crippen molar-refractivity contribution in [1.29, 1.82) is 0 Å². The van der Waals surface area contributed by atoms with Crippen LogP contribution >= 0.6 is 11.3 Å². The van der Waals surface area contributed by atoms with E-state index in [4.69, 9.17) is 10.8 Å². The first kappa shape index (κ1) is 22.8. The van der Waals surface area contributed by atoms with Gasteiger partial charge >= 0.3 is 0 Å². The molecule has 2 aromatic carbocycles. The number of primary amides is 1. The number of nitrogens with two attached hydrogens (primary N) is 1. The van der Waals surface area contributed by atoms with E-state index < -0.39 is 5.91 Å². The zero-order valence-corrected chi connectivity index (χ0v) is 20.2. The van der Waals surface area contributed by atoms with Crippen LogP contribution in [0.4, 0.5) is 5.00 Å². The maximum Gasteiger partial charge on any atom is 0.251 e. The van der Waals surface area contributed by atoms with E-state index in [9.17, 15) is 9.59 Å². The quantitative estimate of drug-likeness (QED) is 0.357. The Hall–Kier alpha value is -3.97. The Labute approximate surface area is 208 Å². The number of anilines is 1. The molecule has 176 valence electrons. The Balaban J connectivity index is 1.44. The molecule has 2 aromatic heterocycles. The van der Waals surface area contributed by atoms with Gasteiger partial charge in [0.15, 0.2) is 0 Å². The second-order valence-corrected chi connectivity index (χ2v) is 9.93. The third-order valence-electron chi connectivity index (χ3n) is 6.22. The molecule has 0 fully saturated rings. The van der Waals surface area contributed by atoms with Crippen LogP contribution in [0, 0.1) is 5.92 Å². The van der Waals surface area contributed by atoms with Crippen LogP contribution in [0.25, 0.3) is 23.0 Å². The number of benzene rings is 2. The average Bonchev–Trinajstić information content (AvgIpc) is 3.45. The summed E-state index contributed by atoms with van der Waals surface area (Å²) in [5, 5.41) is 8.21. The second kappa shape index (κ2) is 9.72. The van der Waals surface area contributed by atoms with Gasteiger partial charge in [0.05, 0.1) is 16.9 Å². The van der Waals surface area contributed by atoms with Crippen molar-refractivity contribution in [2.24, 2.45) is 11.7 Å². The van der Waals surface area contributed by atoms with Gasteiger partial charge < -0.3 is 11.1 Å². The normalized spacial score (nSPS) is 15.2. The predicted molar refractivity (Wildman–Crippen MR) is 141 cm³/mol. The van der Waals surface area contributed by atoms with Gasteiger partial charge in [-0.25, -0.2) is 4.68 Å². The Bertz CT molecular complexity index is 1400. The molecule has 0 unspecified atom stereocenters. The minimum atomic E-state index is -0.494. The fourth-order valence-electron chi connectivity index (χ4n) is 4.46. The number of hydrogen-bond acceptors (Lipinski definition) is 4. The first-order chi connectivity index (χ1) is 17.0. The minimum Gasteiger partial charge on any atom is -0.365 e. The van der Waals surface area contributed by atoms with Gasteiger partial charge in [0.25, 0.3) is 5.91 Å². The highest BCUT2D eigenvalue weighted by atomic mass is 32.1. The zero-order chi connectivity index (χ0) is 24.4. The summed E-state index contributed by atoms with van der Waals surface area (Å²) >= 11 is 1.46. The number of carbonyl (C=O) groups excluding carboxylic acids is 2. The van der Waals surface area contributed by atoms with Gasteiger partial charge in [0, 0.05) is 28.3 Å². The lowest BCUT2D eigenvalue weighted by atomic mass is 9.88. The van der Waals surface area contributed by atoms with Crippen molar-refractivity contribution in [3.8, 4) is 16.9 Å². The summed E-state index contributed by atoms with van der Waals surface area (Å²) in [6, 6.07) is 19.7. The van der Waals surface area contributed by atoms with Crippen molar-refractivity contribution in [3.05, 3.63) is 94.5 Å². The predicted octanol–water partition coefficient (Wildman–Crippen LogP) is 5.48. The highest BCUT2D eigenvalue weighted by molar-refractivity contribution is 7.17. The van der Waals surface area contributed by atoms with E-state index in [1.54, 1.807) is 10.8 Å². The third-order valence-corrected chi connectivity index (χ3v) is 7.39. The van der Waals surface area contributed by atoms with E-state index >= 15 is 0 Å². The summed E-state index contributed by atoms with van der Waals surface area (Å²) < 4.78 is 1.81. The fraction of sp³-hybridized carbons (Fsp3) is 0.179. The summed E-state index contributed by atoms with van der Waals surface area (Å²) in [7, 11) is 0. The van der Waals surface area contributed by atoms with Gasteiger partial charge in [-0.05, 0) is 49.0 Å². The van der Waals surface area contributed by atoms with E-state index in [-0.39, 0.29) is 5.91 Å². The number of para-hydroxylation sites is 1. The zero-order valence-electron chi connectivity index (χ0n) is 19.4. The Morgan fingerprint density at radius 3 is 2.54 bits per heavy atom. The van der Waals surface area contributed by atoms with Crippen molar-refractivity contribution < 1.29 is 9.59 Å². The van der Waals surface area contributed by atoms with Gasteiger partial charge in [0.2, 0.25) is 5.91 Å². The molecule has 0 saturated heterocycles. The molecule has 0 saturated carbocycles. The van der Waals surface area contributed by atoms with Crippen molar-refractivity contribution in [3.63, 3.8) is 0 Å². The summed E-state index contributed by atoms with van der Waals surface area (Å²) in [4.78, 5) is 26.2. The lowest BCUT2D eigenvalue weighted by molar-refractivity contribution is -0.111. The van der Waals surface area contributed by atoms with E-state index in [2.05, 4.69) is 12.2 Å². The molecule has 2 amide bonds. The minimum absolute atomic E-state index is 0.314. The smallest absolute Gasteiger partial charge is 0.251 e. The van der Waals surface area contributed by atoms with Gasteiger partial charge in [0.1, 0.15) is 5.00 Å². The van der Waals surface area contributed by atoms with E-state index in [1.807, 2.05) is 66.9 Å². The van der Waals surface area contributed by atoms with Gasteiger partial charge in [-0.15, -0.1) is 11.3 Å². The Kier molecular flexibility index (Phi) is 6.33. The molecule has 2 heterocycles. The van der Waals surface area contributed by atoms with Crippen LogP contribution in [0.3, 0.4) is 0 Å². The summed E-state index contributed by atoms with van der Waals surface area (Å²) in [6.07, 6.45) is 7.88. The monoisotopic (exact) mass is 482 g/mol. The highest BCUT2D eigenvalue weighted by Gasteiger charge is 2.27. The molecule has 1 aliphatic rings. The number of nitrogens with zero attached hydrogens (tertiary/aromatic N) is 2. The van der Waals surface area contributed by atoms with Crippen molar-refractivity contribution >= 4 is 34.2 Å². The number of hydrogen-bond donors (Lipinski definition) is 2. The standard InChI is InChI=1S/C28H26N4O2S/c1-18-12-14-22-23(16-18)35-28(25(22)27(29)34)30-24(33)15-13-20-17-32(21-10-6-3-7-11-21)31-26(20)19-8-4-2-5-9-19/h2-11,13,15,17-18H,12,14,16H2,1H3,(H2,29,34)(H,30,33)/b15-13+/t18-/m1/s1.